The van der Waals surface area contributed by atoms with E-state index in [9.17, 15) is 4.79 Å². The summed E-state index contributed by atoms with van der Waals surface area (Å²) in [6.45, 7) is 2.00. The molecule has 2 heterocycles. The molecule has 6 nitrogen and oxygen atoms in total. The highest BCUT2D eigenvalue weighted by atomic mass is 16.5. The first kappa shape index (κ1) is 20.8. The van der Waals surface area contributed by atoms with Crippen molar-refractivity contribution in [2.75, 3.05) is 13.2 Å². The van der Waals surface area contributed by atoms with E-state index in [4.69, 9.17) is 9.47 Å². The lowest BCUT2D eigenvalue weighted by molar-refractivity contribution is 0.0658. The molecule has 6 heteroatoms. The van der Waals surface area contributed by atoms with Crippen LogP contribution in [0.25, 0.3) is 11.3 Å². The SMILES string of the molecule is O=C(c1cc(-c2ccccc2)n[nH]1)N(Cc1ccc(O[C@@H]2CCOC2)cc1)C1CCCC1. The number of ether oxygens (including phenoxy) is 2. The van der Waals surface area contributed by atoms with Crippen LogP contribution >= 0.6 is 0 Å². The third-order valence-corrected chi connectivity index (χ3v) is 6.37. The van der Waals surface area contributed by atoms with Gasteiger partial charge in [-0.25, -0.2) is 0 Å². The maximum absolute atomic E-state index is 13.5. The summed E-state index contributed by atoms with van der Waals surface area (Å²) in [5, 5.41) is 7.35. The molecule has 2 aromatic carbocycles. The second kappa shape index (κ2) is 9.57. The van der Waals surface area contributed by atoms with Gasteiger partial charge in [0, 0.05) is 24.6 Å². The van der Waals surface area contributed by atoms with Gasteiger partial charge in [-0.05, 0) is 36.6 Å². The molecule has 2 aliphatic rings. The monoisotopic (exact) mass is 431 g/mol. The molecule has 0 unspecified atom stereocenters. The number of amides is 1. The molecule has 0 radical (unpaired) electrons. The number of aromatic amines is 1. The number of carbonyl (C=O) groups is 1. The Morgan fingerprint density at radius 2 is 1.84 bits per heavy atom. The van der Waals surface area contributed by atoms with Crippen LogP contribution in [0.2, 0.25) is 0 Å². The van der Waals surface area contributed by atoms with Crippen LogP contribution in [0, 0.1) is 0 Å². The Balaban J connectivity index is 1.31. The first-order valence-electron chi connectivity index (χ1n) is 11.5. The van der Waals surface area contributed by atoms with Crippen molar-refractivity contribution < 1.29 is 14.3 Å². The second-order valence-electron chi connectivity index (χ2n) is 8.65. The molecule has 166 valence electrons. The lowest BCUT2D eigenvalue weighted by atomic mass is 10.1. The van der Waals surface area contributed by atoms with Gasteiger partial charge in [0.2, 0.25) is 0 Å². The molecule has 0 spiro atoms. The largest absolute Gasteiger partial charge is 0.488 e. The number of aromatic nitrogens is 2. The van der Waals surface area contributed by atoms with E-state index in [0.29, 0.717) is 18.8 Å². The summed E-state index contributed by atoms with van der Waals surface area (Å²) < 4.78 is 11.4. The number of rotatable bonds is 7. The van der Waals surface area contributed by atoms with Crippen molar-refractivity contribution in [3.63, 3.8) is 0 Å². The Bertz CT molecular complexity index is 1020. The van der Waals surface area contributed by atoms with Gasteiger partial charge in [-0.2, -0.15) is 5.10 Å². The smallest absolute Gasteiger partial charge is 0.272 e. The van der Waals surface area contributed by atoms with Gasteiger partial charge in [-0.15, -0.1) is 0 Å². The summed E-state index contributed by atoms with van der Waals surface area (Å²) in [5.41, 5.74) is 3.43. The molecule has 1 saturated carbocycles. The van der Waals surface area contributed by atoms with Crippen molar-refractivity contribution in [2.24, 2.45) is 0 Å². The van der Waals surface area contributed by atoms with Crippen LogP contribution in [0.3, 0.4) is 0 Å². The fourth-order valence-electron chi connectivity index (χ4n) is 4.59. The van der Waals surface area contributed by atoms with E-state index in [-0.39, 0.29) is 18.1 Å². The predicted octanol–water partition coefficient (Wildman–Crippen LogP) is 4.83. The summed E-state index contributed by atoms with van der Waals surface area (Å²) in [6.07, 6.45) is 5.51. The van der Waals surface area contributed by atoms with Gasteiger partial charge in [0.25, 0.3) is 5.91 Å². The van der Waals surface area contributed by atoms with Crippen molar-refractivity contribution in [3.05, 3.63) is 71.9 Å². The summed E-state index contributed by atoms with van der Waals surface area (Å²) in [5.74, 6) is 0.860. The number of H-pyrrole nitrogens is 1. The highest BCUT2D eigenvalue weighted by Crippen LogP contribution is 2.28. The van der Waals surface area contributed by atoms with Crippen molar-refractivity contribution in [3.8, 4) is 17.0 Å². The molecule has 3 aromatic rings. The van der Waals surface area contributed by atoms with Gasteiger partial charge in [0.05, 0.1) is 18.9 Å². The average molecular weight is 432 g/mol. The summed E-state index contributed by atoms with van der Waals surface area (Å²) in [6, 6.07) is 20.2. The topological polar surface area (TPSA) is 67.5 Å². The molecule has 32 heavy (non-hydrogen) atoms. The fourth-order valence-corrected chi connectivity index (χ4v) is 4.59. The number of benzene rings is 2. The van der Waals surface area contributed by atoms with Crippen LogP contribution in [0.5, 0.6) is 5.75 Å². The molecule has 0 bridgehead atoms. The normalized spacial score (nSPS) is 18.7. The summed E-state index contributed by atoms with van der Waals surface area (Å²) in [4.78, 5) is 15.5. The van der Waals surface area contributed by atoms with Gasteiger partial charge in [-0.1, -0.05) is 55.3 Å². The molecule has 1 N–H and O–H groups in total. The molecule has 1 aliphatic heterocycles. The number of hydrogen-bond acceptors (Lipinski definition) is 4. The minimum atomic E-state index is 0.00927. The predicted molar refractivity (Wildman–Crippen MR) is 122 cm³/mol. The van der Waals surface area contributed by atoms with Crippen LogP contribution in [-0.4, -0.2) is 46.4 Å². The van der Waals surface area contributed by atoms with E-state index in [1.165, 1.54) is 12.8 Å². The van der Waals surface area contributed by atoms with E-state index >= 15 is 0 Å². The maximum Gasteiger partial charge on any atom is 0.272 e. The van der Waals surface area contributed by atoms with E-state index in [0.717, 1.165) is 48.4 Å². The fraction of sp³-hybridized carbons (Fsp3) is 0.385. The van der Waals surface area contributed by atoms with Crippen molar-refractivity contribution in [2.45, 2.75) is 50.8 Å². The lowest BCUT2D eigenvalue weighted by Gasteiger charge is -2.28. The van der Waals surface area contributed by atoms with E-state index in [1.54, 1.807) is 0 Å². The number of nitrogens with zero attached hydrogens (tertiary/aromatic N) is 2. The van der Waals surface area contributed by atoms with Gasteiger partial charge in [0.1, 0.15) is 17.5 Å². The molecule has 2 fully saturated rings. The molecule has 1 atom stereocenters. The zero-order valence-corrected chi connectivity index (χ0v) is 18.2. The molecule has 1 amide bonds. The van der Waals surface area contributed by atoms with E-state index in [1.807, 2.05) is 53.4 Å². The first-order chi connectivity index (χ1) is 15.8. The Labute approximate surface area is 188 Å². The van der Waals surface area contributed by atoms with Crippen molar-refractivity contribution in [1.29, 1.82) is 0 Å². The molecule has 1 aliphatic carbocycles. The molecular weight excluding hydrogens is 402 g/mol. The Kier molecular flexibility index (Phi) is 6.21. The minimum absolute atomic E-state index is 0.00927. The van der Waals surface area contributed by atoms with Gasteiger partial charge in [-0.3, -0.25) is 9.89 Å². The average Bonchev–Trinajstić information content (AvgIpc) is 3.62. The third-order valence-electron chi connectivity index (χ3n) is 6.37. The zero-order chi connectivity index (χ0) is 21.8. The van der Waals surface area contributed by atoms with Gasteiger partial charge < -0.3 is 14.4 Å². The van der Waals surface area contributed by atoms with Gasteiger partial charge >= 0.3 is 0 Å². The minimum Gasteiger partial charge on any atom is -0.488 e. The second-order valence-corrected chi connectivity index (χ2v) is 8.65. The lowest BCUT2D eigenvalue weighted by Crippen LogP contribution is -2.38. The van der Waals surface area contributed by atoms with Gasteiger partial charge in [0.15, 0.2) is 0 Å². The van der Waals surface area contributed by atoms with Crippen LogP contribution in [0.15, 0.2) is 60.7 Å². The first-order valence-corrected chi connectivity index (χ1v) is 11.5. The summed E-state index contributed by atoms with van der Waals surface area (Å²) >= 11 is 0. The molecule has 5 rings (SSSR count). The Hall–Kier alpha value is -3.12. The van der Waals surface area contributed by atoms with E-state index < -0.39 is 0 Å². The zero-order valence-electron chi connectivity index (χ0n) is 18.2. The maximum atomic E-state index is 13.5. The van der Waals surface area contributed by atoms with Crippen molar-refractivity contribution in [1.82, 2.24) is 15.1 Å². The molecular formula is C26H29N3O3. The highest BCUT2D eigenvalue weighted by molar-refractivity contribution is 5.93. The summed E-state index contributed by atoms with van der Waals surface area (Å²) in [7, 11) is 0. The number of hydrogen-bond donors (Lipinski definition) is 1. The molecule has 1 aromatic heterocycles. The third kappa shape index (κ3) is 4.70. The van der Waals surface area contributed by atoms with Crippen LogP contribution < -0.4 is 4.74 Å². The number of nitrogens with one attached hydrogen (secondary N) is 1. The van der Waals surface area contributed by atoms with Crippen molar-refractivity contribution >= 4 is 5.91 Å². The Morgan fingerprint density at radius 3 is 2.56 bits per heavy atom. The quantitative estimate of drug-likeness (QED) is 0.582. The van der Waals surface area contributed by atoms with Crippen LogP contribution in [0.1, 0.15) is 48.2 Å². The standard InChI is InChI=1S/C26H29N3O3/c30-26(25-16-24(27-28-25)20-6-2-1-3-7-20)29(21-8-4-5-9-21)17-19-10-12-22(13-11-19)32-23-14-15-31-18-23/h1-3,6-7,10-13,16,21,23H,4-5,8-9,14-15,17-18H2,(H,27,28)/t23-/m1/s1. The molecule has 1 saturated heterocycles. The van der Waals surface area contributed by atoms with E-state index in [2.05, 4.69) is 22.3 Å². The van der Waals surface area contributed by atoms with Crippen LogP contribution in [-0.2, 0) is 11.3 Å². The Morgan fingerprint density at radius 1 is 1.06 bits per heavy atom. The number of carbonyl (C=O) groups excluding carboxylic acids is 1. The highest BCUT2D eigenvalue weighted by Gasteiger charge is 2.29. The van der Waals surface area contributed by atoms with Crippen LogP contribution in [0.4, 0.5) is 0 Å².